The first kappa shape index (κ1) is 96.5. The third kappa shape index (κ3) is 24.3. The predicted molar refractivity (Wildman–Crippen MR) is 564 cm³/mol. The molecule has 16 aromatic rings. The van der Waals surface area contributed by atoms with Gasteiger partial charge in [-0.05, 0) is 313 Å². The predicted octanol–water partition coefficient (Wildman–Crippen LogP) is 19.6. The Morgan fingerprint density at radius 1 is 0.306 bits per heavy atom. The summed E-state index contributed by atoms with van der Waals surface area (Å²) >= 11 is 0. The highest BCUT2D eigenvalue weighted by atomic mass is 19.1. The molecule has 18 heterocycles. The van der Waals surface area contributed by atoms with E-state index in [9.17, 15) is 28.7 Å². The van der Waals surface area contributed by atoms with Gasteiger partial charge in [0.05, 0.1) is 63.8 Å². The lowest BCUT2D eigenvalue weighted by Crippen LogP contribution is -2.35. The maximum Gasteiger partial charge on any atom is 0.276 e. The number of hydrogen-bond acceptors (Lipinski definition) is 23. The zero-order valence-electron chi connectivity index (χ0n) is 81.5. The Kier molecular flexibility index (Phi) is 30.8. The Morgan fingerprint density at radius 3 is 0.903 bits per heavy atom. The van der Waals surface area contributed by atoms with Gasteiger partial charge in [-0.1, -0.05) is 56.5 Å². The van der Waals surface area contributed by atoms with Crippen molar-refractivity contribution >= 4 is 107 Å². The summed E-state index contributed by atoms with van der Waals surface area (Å²) in [6.07, 6.45) is 41.8. The minimum Gasteiger partial charge on any atom is -0.393 e. The summed E-state index contributed by atoms with van der Waals surface area (Å²) in [4.78, 5) is 101. The number of H-pyrrole nitrogens is 4. The molecule has 144 heavy (non-hydrogen) atoms. The lowest BCUT2D eigenvalue weighted by atomic mass is 9.99. The van der Waals surface area contributed by atoms with Crippen LogP contribution in [0.25, 0.3) is 88.1 Å². The number of benzene rings is 5. The molecule has 7 aliphatic heterocycles. The lowest BCUT2D eigenvalue weighted by molar-refractivity contribution is 0.0792. The van der Waals surface area contributed by atoms with Crippen molar-refractivity contribution in [1.29, 1.82) is 0 Å². The number of aromatic nitrogens is 15. The van der Waals surface area contributed by atoms with Gasteiger partial charge in [0.25, 0.3) is 23.6 Å². The van der Waals surface area contributed by atoms with Crippen molar-refractivity contribution in [2.75, 3.05) is 128 Å². The molecule has 0 radical (unpaired) electrons. The summed E-state index contributed by atoms with van der Waals surface area (Å²) < 4.78 is 13.5. The van der Waals surface area contributed by atoms with Crippen molar-refractivity contribution in [3.63, 3.8) is 0 Å². The van der Waals surface area contributed by atoms with Gasteiger partial charge in [0, 0.05) is 178 Å². The van der Waals surface area contributed by atoms with E-state index in [1.807, 2.05) is 159 Å². The minimum atomic E-state index is -0.408. The second kappa shape index (κ2) is 46.0. The van der Waals surface area contributed by atoms with Crippen LogP contribution in [0.4, 0.5) is 44.6 Å². The highest BCUT2D eigenvalue weighted by Crippen LogP contribution is 2.36. The van der Waals surface area contributed by atoms with Crippen molar-refractivity contribution in [3.8, 4) is 44.5 Å². The van der Waals surface area contributed by atoms with E-state index in [-0.39, 0.29) is 29.5 Å². The molecule has 23 rings (SSSR count). The Balaban J connectivity index is 0.000000117. The van der Waals surface area contributed by atoms with Gasteiger partial charge in [0.1, 0.15) is 23.3 Å². The third-order valence-electron chi connectivity index (χ3n) is 28.5. The number of fused-ring (bicyclic) bond motifs is 4. The Hall–Kier alpha value is -15.0. The van der Waals surface area contributed by atoms with Crippen LogP contribution in [-0.2, 0) is 26.2 Å². The van der Waals surface area contributed by atoms with Gasteiger partial charge in [-0.2, -0.15) is 20.4 Å². The number of piperidine rings is 6. The van der Waals surface area contributed by atoms with Crippen LogP contribution in [-0.4, -0.2) is 222 Å². The Labute approximate surface area is 836 Å². The topological polar surface area (TPSA) is 364 Å². The van der Waals surface area contributed by atoms with Crippen LogP contribution in [0.15, 0.2) is 226 Å². The number of carbonyl (C=O) groups excluding carboxylic acids is 4. The van der Waals surface area contributed by atoms with Crippen LogP contribution < -0.4 is 36.0 Å². The van der Waals surface area contributed by atoms with Gasteiger partial charge < -0.3 is 41.1 Å². The fraction of sp³-hybridized carbons (Fsp3) is 0.348. The van der Waals surface area contributed by atoms with E-state index in [4.69, 9.17) is 0 Å². The molecule has 11 aromatic heterocycles. The molecule has 0 bridgehead atoms. The average Bonchev–Trinajstić information content (AvgIpc) is 1.65. The molecule has 32 heteroatoms. The highest BCUT2D eigenvalue weighted by Gasteiger charge is 2.27. The van der Waals surface area contributed by atoms with Crippen molar-refractivity contribution in [1.82, 2.24) is 95.3 Å². The number of carbonyl (C=O) groups is 4. The molecule has 0 aliphatic carbocycles. The summed E-state index contributed by atoms with van der Waals surface area (Å²) in [6, 6.07) is 50.0. The van der Waals surface area contributed by atoms with E-state index in [2.05, 4.69) is 162 Å². The SMILES string of the molecule is CC1CCN(c2ccc(NC(=O)c3n[nH]c4ccc(-c5cncc(CN6CCCCC6)c5)cc34)cn2)CC1.O=C(Nc1ccc(N2CCCC2)nc1)c1n[nH]c2ccc(-c3cncc(CN4CCC(O)CC4)c3)cc12.O=C(Nc1ccc(N2CCCCC2)nc1)c1n[nH]c2ccc(-c3cncc(CN4CCCCC4)c3)cc12.O=C(Nc1cccc(F)c1)c1n[nH]c2ccc(-c3cncc(CN4CCCCC4)c3)cc12. The van der Waals surface area contributed by atoms with Crippen LogP contribution in [0.5, 0.6) is 0 Å². The number of aromatic amines is 4. The summed E-state index contributed by atoms with van der Waals surface area (Å²) in [7, 11) is 0. The summed E-state index contributed by atoms with van der Waals surface area (Å²) in [5.41, 5.74) is 19.7. The highest BCUT2D eigenvalue weighted by molar-refractivity contribution is 6.15. The molecule has 7 saturated heterocycles. The molecular formula is C112H123FN26O5. The number of rotatable bonds is 23. The van der Waals surface area contributed by atoms with E-state index in [0.717, 1.165) is 242 Å². The molecule has 738 valence electrons. The van der Waals surface area contributed by atoms with E-state index in [0.29, 0.717) is 45.2 Å². The number of aliphatic hydroxyl groups is 1. The zero-order chi connectivity index (χ0) is 98.0. The second-order valence-corrected chi connectivity index (χ2v) is 39.1. The van der Waals surface area contributed by atoms with Crippen LogP contribution in [0.3, 0.4) is 0 Å². The molecule has 0 unspecified atom stereocenters. The smallest absolute Gasteiger partial charge is 0.276 e. The van der Waals surface area contributed by atoms with Gasteiger partial charge in [-0.15, -0.1) is 0 Å². The molecule has 7 aliphatic rings. The quantitative estimate of drug-likeness (QED) is 0.0287. The number of amides is 4. The molecule has 0 atom stereocenters. The molecule has 31 nitrogen and oxygen atoms in total. The second-order valence-electron chi connectivity index (χ2n) is 39.1. The monoisotopic (exact) mass is 1930 g/mol. The lowest BCUT2D eigenvalue weighted by Gasteiger charge is -2.31. The summed E-state index contributed by atoms with van der Waals surface area (Å²) in [6.45, 7) is 20.7. The first-order valence-electron chi connectivity index (χ1n) is 51.0. The summed E-state index contributed by atoms with van der Waals surface area (Å²) in [5.74, 6) is 2.04. The molecule has 7 fully saturated rings. The largest absolute Gasteiger partial charge is 0.393 e. The fourth-order valence-electron chi connectivity index (χ4n) is 20.4. The Morgan fingerprint density at radius 2 is 0.597 bits per heavy atom. The summed E-state index contributed by atoms with van der Waals surface area (Å²) in [5, 5.41) is 53.4. The zero-order valence-corrected chi connectivity index (χ0v) is 81.5. The van der Waals surface area contributed by atoms with Gasteiger partial charge in [-0.25, -0.2) is 19.3 Å². The van der Waals surface area contributed by atoms with E-state index in [1.165, 1.54) is 132 Å². The third-order valence-corrected chi connectivity index (χ3v) is 28.5. The normalized spacial score (nSPS) is 16.4. The standard InChI is InChI=1S/C30H35N7O.C29H33N7O.C28H31N7O2.C25H24FN5O/c1-21-9-13-37(14-10-21)28-8-6-25(19-32-28)33-30(38)29-26-16-23(5-7-27(26)34-35-29)24-15-22(17-31-18-24)20-36-11-3-2-4-12-36;37-29(32-24-8-10-27(31-19-24)36-13-5-2-6-14-36)28-25-16-22(7-9-26(25)33-34-28)23-15-21(17-30-18-23)20-35-11-3-1-4-12-35;36-23-7-11-34(12-8-23)18-19-13-21(16-29-15-19)20-3-5-25-24(14-20)27(33-32-25)28(37)31-22-4-6-26(30-17-22)35-9-1-2-10-35;26-20-5-4-6-21(13-20)28-25(32)24-22-12-18(7-8-23(22)29-30-24)19-11-17(14-27-15-19)16-31-9-2-1-3-10-31/h5-8,15-19,21H,2-4,9-14,20H2,1H3,(H,33,38)(H,34,35);7-10,15-19H,1-6,11-14,20H2,(H,32,37)(H,33,34);3-6,13-17,23,36H,1-2,7-12,18H2,(H,31,37)(H,32,33);4-8,11-15H,1-3,9-10,16H2,(H,28,32)(H,29,30). The van der Waals surface area contributed by atoms with Crippen molar-refractivity contribution in [3.05, 3.63) is 277 Å². The maximum atomic E-state index is 13.5. The van der Waals surface area contributed by atoms with Gasteiger partial charge >= 0.3 is 0 Å². The molecule has 4 amide bonds. The number of anilines is 7. The van der Waals surface area contributed by atoms with Gasteiger partial charge in [0.2, 0.25) is 0 Å². The first-order chi connectivity index (χ1) is 70.6. The number of nitrogens with one attached hydrogen (secondary N) is 8. The molecule has 0 spiro atoms. The van der Waals surface area contributed by atoms with Crippen LogP contribution >= 0.6 is 0 Å². The number of pyridine rings is 7. The van der Waals surface area contributed by atoms with E-state index >= 15 is 0 Å². The number of hydrogen-bond donors (Lipinski definition) is 9. The molecule has 9 N–H and O–H groups in total. The van der Waals surface area contributed by atoms with Crippen LogP contribution in [0, 0.1) is 11.7 Å². The number of nitrogens with zero attached hydrogens (tertiary/aromatic N) is 18. The van der Waals surface area contributed by atoms with Gasteiger partial charge in [0.15, 0.2) is 22.8 Å². The van der Waals surface area contributed by atoms with Crippen LogP contribution in [0.2, 0.25) is 0 Å². The van der Waals surface area contributed by atoms with Crippen LogP contribution in [0.1, 0.15) is 187 Å². The number of aliphatic hydroxyl groups excluding tert-OH is 1. The maximum absolute atomic E-state index is 13.5. The Bertz CT molecular complexity index is 7100. The fourth-order valence-corrected chi connectivity index (χ4v) is 20.4. The van der Waals surface area contributed by atoms with Crippen molar-refractivity contribution < 1.29 is 28.7 Å². The molecule has 5 aromatic carbocycles. The number of halogens is 1. The number of likely N-dealkylation sites (tertiary alicyclic amines) is 4. The van der Waals surface area contributed by atoms with Crippen molar-refractivity contribution in [2.24, 2.45) is 5.92 Å². The van der Waals surface area contributed by atoms with E-state index < -0.39 is 11.7 Å². The van der Waals surface area contributed by atoms with E-state index in [1.54, 1.807) is 30.7 Å². The van der Waals surface area contributed by atoms with Crippen molar-refractivity contribution in [2.45, 2.75) is 155 Å². The average molecular weight is 1930 g/mol. The first-order valence-corrected chi connectivity index (χ1v) is 51.0. The minimum absolute atomic E-state index is 0.181. The molecular weight excluding hydrogens is 1810 g/mol. The van der Waals surface area contributed by atoms with Gasteiger partial charge in [-0.3, -0.25) is 79.1 Å². The molecule has 0 saturated carbocycles.